The minimum atomic E-state index is -1.18. The van der Waals surface area contributed by atoms with Crippen molar-refractivity contribution in [3.05, 3.63) is 0 Å². The highest BCUT2D eigenvalue weighted by atomic mass is 32.2. The first-order valence-electron chi connectivity index (χ1n) is 6.49. The Balaban J connectivity index is 2.37. The van der Waals surface area contributed by atoms with Gasteiger partial charge in [-0.2, -0.15) is 11.8 Å². The average Bonchev–Trinajstić information content (AvgIpc) is 2.33. The number of hydrogen-bond acceptors (Lipinski definition) is 4. The molecule has 7 nitrogen and oxygen atoms in total. The summed E-state index contributed by atoms with van der Waals surface area (Å²) in [7, 11) is 0. The van der Waals surface area contributed by atoms with Gasteiger partial charge in [-0.1, -0.05) is 6.42 Å². The van der Waals surface area contributed by atoms with E-state index in [0.717, 1.165) is 19.3 Å². The third kappa shape index (κ3) is 4.92. The number of rotatable bonds is 8. The molecular weight excluding hydrogens is 282 g/mol. The van der Waals surface area contributed by atoms with Crippen molar-refractivity contribution >= 4 is 29.7 Å². The van der Waals surface area contributed by atoms with Crippen LogP contribution < -0.4 is 16.4 Å². The van der Waals surface area contributed by atoms with Crippen molar-refractivity contribution in [1.82, 2.24) is 10.6 Å². The molecular formula is C12H21N3O4S. The predicted molar refractivity (Wildman–Crippen MR) is 76.5 cm³/mol. The SMILES string of the molecule is CSC1(CNC(=O)N[C@@H](CCC(N)=O)C(=O)O)CCC1. The van der Waals surface area contributed by atoms with Gasteiger partial charge in [0.25, 0.3) is 0 Å². The third-order valence-corrected chi connectivity index (χ3v) is 4.97. The van der Waals surface area contributed by atoms with Crippen molar-refractivity contribution in [2.24, 2.45) is 5.73 Å². The van der Waals surface area contributed by atoms with Crippen LogP contribution in [0.25, 0.3) is 0 Å². The number of carbonyl (C=O) groups is 3. The highest BCUT2D eigenvalue weighted by Gasteiger charge is 2.36. The topological polar surface area (TPSA) is 122 Å². The van der Waals surface area contributed by atoms with Crippen LogP contribution in [0, 0.1) is 0 Å². The van der Waals surface area contributed by atoms with Crippen LogP contribution in [-0.4, -0.2) is 46.6 Å². The summed E-state index contributed by atoms with van der Waals surface area (Å²) in [6.07, 6.45) is 5.18. The summed E-state index contributed by atoms with van der Waals surface area (Å²) in [5, 5.41) is 14.0. The Morgan fingerprint density at radius 2 is 2.05 bits per heavy atom. The number of aliphatic carboxylic acids is 1. The fourth-order valence-electron chi connectivity index (χ4n) is 2.02. The molecule has 0 aliphatic heterocycles. The van der Waals surface area contributed by atoms with Crippen LogP contribution in [0.4, 0.5) is 4.79 Å². The Morgan fingerprint density at radius 3 is 2.45 bits per heavy atom. The number of primary amides is 1. The Hall–Kier alpha value is -1.44. The van der Waals surface area contributed by atoms with E-state index in [1.54, 1.807) is 11.8 Å². The number of hydrogen-bond donors (Lipinski definition) is 4. The number of carbonyl (C=O) groups excluding carboxylic acids is 2. The van der Waals surface area contributed by atoms with Crippen molar-refractivity contribution in [3.8, 4) is 0 Å². The van der Waals surface area contributed by atoms with E-state index >= 15 is 0 Å². The van der Waals surface area contributed by atoms with Crippen LogP contribution in [0.2, 0.25) is 0 Å². The average molecular weight is 303 g/mol. The van der Waals surface area contributed by atoms with Gasteiger partial charge < -0.3 is 21.5 Å². The Bertz CT molecular complexity index is 379. The highest BCUT2D eigenvalue weighted by Crippen LogP contribution is 2.42. The molecule has 114 valence electrons. The monoisotopic (exact) mass is 303 g/mol. The fraction of sp³-hybridized carbons (Fsp3) is 0.750. The zero-order valence-electron chi connectivity index (χ0n) is 11.5. The number of urea groups is 1. The zero-order chi connectivity index (χ0) is 15.2. The molecule has 5 N–H and O–H groups in total. The first kappa shape index (κ1) is 16.6. The first-order chi connectivity index (χ1) is 9.38. The molecule has 0 aromatic rings. The molecule has 1 aliphatic carbocycles. The van der Waals surface area contributed by atoms with Gasteiger partial charge in [0.1, 0.15) is 6.04 Å². The van der Waals surface area contributed by atoms with Crippen LogP contribution in [0.1, 0.15) is 32.1 Å². The third-order valence-electron chi connectivity index (χ3n) is 3.55. The molecule has 1 aliphatic rings. The summed E-state index contributed by atoms with van der Waals surface area (Å²) < 4.78 is 0.0866. The lowest BCUT2D eigenvalue weighted by Gasteiger charge is -2.40. The van der Waals surface area contributed by atoms with Gasteiger partial charge in [-0.15, -0.1) is 0 Å². The van der Waals surface area contributed by atoms with E-state index in [1.165, 1.54) is 0 Å². The van der Waals surface area contributed by atoms with E-state index in [1.807, 2.05) is 6.26 Å². The fourth-order valence-corrected chi connectivity index (χ4v) is 2.93. The second kappa shape index (κ2) is 7.37. The molecule has 1 rings (SSSR count). The van der Waals surface area contributed by atoms with Gasteiger partial charge >= 0.3 is 12.0 Å². The lowest BCUT2D eigenvalue weighted by Crippen LogP contribution is -2.51. The second-order valence-corrected chi connectivity index (χ2v) is 6.24. The van der Waals surface area contributed by atoms with Crippen LogP contribution in [-0.2, 0) is 9.59 Å². The molecule has 1 saturated carbocycles. The summed E-state index contributed by atoms with van der Waals surface area (Å²) >= 11 is 1.72. The van der Waals surface area contributed by atoms with Gasteiger partial charge in [-0.25, -0.2) is 9.59 Å². The van der Waals surface area contributed by atoms with Crippen molar-refractivity contribution in [2.45, 2.75) is 42.9 Å². The molecule has 0 spiro atoms. The smallest absolute Gasteiger partial charge is 0.326 e. The van der Waals surface area contributed by atoms with E-state index < -0.39 is 23.9 Å². The van der Waals surface area contributed by atoms with Crippen LogP contribution in [0.3, 0.4) is 0 Å². The Morgan fingerprint density at radius 1 is 1.40 bits per heavy atom. The molecule has 0 bridgehead atoms. The maximum absolute atomic E-state index is 11.7. The molecule has 0 unspecified atom stereocenters. The molecule has 0 heterocycles. The molecule has 8 heteroatoms. The maximum atomic E-state index is 11.7. The zero-order valence-corrected chi connectivity index (χ0v) is 12.3. The maximum Gasteiger partial charge on any atom is 0.326 e. The summed E-state index contributed by atoms with van der Waals surface area (Å²) in [6, 6.07) is -1.63. The van der Waals surface area contributed by atoms with E-state index in [9.17, 15) is 14.4 Å². The minimum absolute atomic E-state index is 0.00818. The Kier molecular flexibility index (Phi) is 6.12. The molecule has 0 aromatic carbocycles. The van der Waals surface area contributed by atoms with Crippen LogP contribution in [0.15, 0.2) is 0 Å². The van der Waals surface area contributed by atoms with Gasteiger partial charge in [0.05, 0.1) is 0 Å². The van der Waals surface area contributed by atoms with E-state index in [0.29, 0.717) is 6.54 Å². The predicted octanol–water partition coefficient (Wildman–Crippen LogP) is 0.290. The quantitative estimate of drug-likeness (QED) is 0.513. The Labute approximate surface area is 122 Å². The van der Waals surface area contributed by atoms with Gasteiger partial charge in [0, 0.05) is 17.7 Å². The van der Waals surface area contributed by atoms with Gasteiger partial charge in [-0.05, 0) is 25.5 Å². The molecule has 20 heavy (non-hydrogen) atoms. The summed E-state index contributed by atoms with van der Waals surface area (Å²) in [5.41, 5.74) is 4.97. The van der Waals surface area contributed by atoms with Crippen molar-refractivity contribution < 1.29 is 19.5 Å². The number of carboxylic acids is 1. The summed E-state index contributed by atoms with van der Waals surface area (Å²) in [6.45, 7) is 0.516. The van der Waals surface area contributed by atoms with Crippen LogP contribution >= 0.6 is 11.8 Å². The van der Waals surface area contributed by atoms with E-state index in [2.05, 4.69) is 10.6 Å². The van der Waals surface area contributed by atoms with Crippen molar-refractivity contribution in [1.29, 1.82) is 0 Å². The van der Waals surface area contributed by atoms with Gasteiger partial charge in [-0.3, -0.25) is 4.79 Å². The molecule has 3 amide bonds. The normalized spacial score (nSPS) is 17.6. The number of amides is 3. The van der Waals surface area contributed by atoms with Gasteiger partial charge in [0.15, 0.2) is 0 Å². The lowest BCUT2D eigenvalue weighted by atomic mass is 9.84. The number of carboxylic acid groups (broad SMARTS) is 1. The number of thioether (sulfide) groups is 1. The highest BCUT2D eigenvalue weighted by molar-refractivity contribution is 8.00. The van der Waals surface area contributed by atoms with E-state index in [-0.39, 0.29) is 17.6 Å². The number of nitrogens with two attached hydrogens (primary N) is 1. The summed E-state index contributed by atoms with van der Waals surface area (Å²) in [5.74, 6) is -1.76. The molecule has 0 aromatic heterocycles. The lowest BCUT2D eigenvalue weighted by molar-refractivity contribution is -0.139. The van der Waals surface area contributed by atoms with Crippen LogP contribution in [0.5, 0.6) is 0 Å². The van der Waals surface area contributed by atoms with Gasteiger partial charge in [0.2, 0.25) is 5.91 Å². The van der Waals surface area contributed by atoms with Crippen molar-refractivity contribution in [3.63, 3.8) is 0 Å². The molecule has 1 fully saturated rings. The van der Waals surface area contributed by atoms with Crippen molar-refractivity contribution in [2.75, 3.05) is 12.8 Å². The minimum Gasteiger partial charge on any atom is -0.480 e. The molecule has 1 atom stereocenters. The standard InChI is InChI=1S/C12H21N3O4S/c1-20-12(5-2-6-12)7-14-11(19)15-8(10(17)18)3-4-9(13)16/h8H,2-7H2,1H3,(H2,13,16)(H,17,18)(H2,14,15,19)/t8-/m0/s1. The molecule has 0 radical (unpaired) electrons. The second-order valence-electron chi connectivity index (χ2n) is 4.96. The summed E-state index contributed by atoms with van der Waals surface area (Å²) in [4.78, 5) is 33.3. The molecule has 0 saturated heterocycles. The van der Waals surface area contributed by atoms with E-state index in [4.69, 9.17) is 10.8 Å². The largest absolute Gasteiger partial charge is 0.480 e. The number of nitrogens with one attached hydrogen (secondary N) is 2. The first-order valence-corrected chi connectivity index (χ1v) is 7.72.